The van der Waals surface area contributed by atoms with E-state index in [1.54, 1.807) is 11.8 Å². The molecule has 1 rings (SSSR count). The number of nitriles is 1. The average molecular weight is 283 g/mol. The Morgan fingerprint density at radius 2 is 2.16 bits per heavy atom. The molecule has 0 aromatic carbocycles. The lowest BCUT2D eigenvalue weighted by Crippen LogP contribution is -2.51. The molecule has 1 amide bonds. The van der Waals surface area contributed by atoms with E-state index in [2.05, 4.69) is 23.2 Å². The van der Waals surface area contributed by atoms with E-state index in [9.17, 15) is 10.1 Å². The third-order valence-corrected chi connectivity index (χ3v) is 5.24. The number of piperidine rings is 1. The second-order valence-corrected chi connectivity index (χ2v) is 6.36. The summed E-state index contributed by atoms with van der Waals surface area (Å²) < 4.78 is -0.241. The first kappa shape index (κ1) is 16.3. The first-order valence-corrected chi connectivity index (χ1v) is 8.29. The summed E-state index contributed by atoms with van der Waals surface area (Å²) in [5.41, 5.74) is 0. The molecular weight excluding hydrogens is 258 g/mol. The highest BCUT2D eigenvalue weighted by molar-refractivity contribution is 8.00. The molecular formula is C14H25N3OS. The van der Waals surface area contributed by atoms with Gasteiger partial charge >= 0.3 is 0 Å². The molecule has 1 aliphatic heterocycles. The molecule has 1 heterocycles. The van der Waals surface area contributed by atoms with E-state index in [-0.39, 0.29) is 16.7 Å². The van der Waals surface area contributed by atoms with Crippen molar-refractivity contribution in [2.75, 3.05) is 25.9 Å². The van der Waals surface area contributed by atoms with Crippen LogP contribution < -0.4 is 5.32 Å². The van der Waals surface area contributed by atoms with Crippen molar-refractivity contribution in [1.82, 2.24) is 10.2 Å². The van der Waals surface area contributed by atoms with Crippen LogP contribution in [-0.2, 0) is 4.79 Å². The van der Waals surface area contributed by atoms with Gasteiger partial charge in [0.1, 0.15) is 4.75 Å². The second kappa shape index (κ2) is 7.76. The Hall–Kier alpha value is -0.730. The van der Waals surface area contributed by atoms with Crippen molar-refractivity contribution in [3.63, 3.8) is 0 Å². The first-order chi connectivity index (χ1) is 9.08. The van der Waals surface area contributed by atoms with Crippen molar-refractivity contribution in [3.8, 4) is 6.07 Å². The molecule has 1 saturated heterocycles. The third-order valence-electron chi connectivity index (χ3n) is 3.96. The number of rotatable bonds is 6. The molecule has 0 radical (unpaired) electrons. The molecule has 0 aromatic rings. The van der Waals surface area contributed by atoms with E-state index in [0.29, 0.717) is 0 Å². The number of nitrogens with one attached hydrogen (secondary N) is 1. The van der Waals surface area contributed by atoms with Gasteiger partial charge in [0.25, 0.3) is 0 Å². The maximum Gasteiger partial charge on any atom is 0.237 e. The zero-order valence-corrected chi connectivity index (χ0v) is 13.1. The van der Waals surface area contributed by atoms with Gasteiger partial charge in [0.2, 0.25) is 5.91 Å². The van der Waals surface area contributed by atoms with Crippen molar-refractivity contribution >= 4 is 17.7 Å². The summed E-state index contributed by atoms with van der Waals surface area (Å²) in [6.07, 6.45) is 5.81. The smallest absolute Gasteiger partial charge is 0.237 e. The molecule has 0 bridgehead atoms. The monoisotopic (exact) mass is 283 g/mol. The van der Waals surface area contributed by atoms with E-state index in [1.807, 2.05) is 13.2 Å². The van der Waals surface area contributed by atoms with Crippen LogP contribution in [-0.4, -0.2) is 47.5 Å². The normalized spacial score (nSPS) is 20.5. The molecule has 0 aromatic heterocycles. The number of hydrogen-bond acceptors (Lipinski definition) is 4. The van der Waals surface area contributed by atoms with E-state index >= 15 is 0 Å². The van der Waals surface area contributed by atoms with Crippen LogP contribution in [0.2, 0.25) is 0 Å². The molecule has 0 spiro atoms. The minimum Gasteiger partial charge on any atom is -0.355 e. The number of hydrogen-bond donors (Lipinski definition) is 1. The molecule has 1 fully saturated rings. The second-order valence-electron chi connectivity index (χ2n) is 5.17. The zero-order chi connectivity index (χ0) is 14.3. The maximum absolute atomic E-state index is 12.0. The fraction of sp³-hybridized carbons (Fsp3) is 0.857. The minimum atomic E-state index is -0.241. The molecule has 108 valence electrons. The maximum atomic E-state index is 12.0. The summed E-state index contributed by atoms with van der Waals surface area (Å²) in [5.74, 6) is 0.113. The number of amides is 1. The molecule has 5 heteroatoms. The Kier molecular flexibility index (Phi) is 6.67. The van der Waals surface area contributed by atoms with E-state index < -0.39 is 0 Å². The standard InChI is InChI=1S/C14H25N3OS/c1-4-5-8-16-13(18)12(2)17-9-6-14(11-15,19-3)7-10-17/h12H,4-10H2,1-3H3,(H,16,18). The zero-order valence-electron chi connectivity index (χ0n) is 12.2. The number of thioether (sulfide) groups is 1. The van der Waals surface area contributed by atoms with Crippen LogP contribution in [0.15, 0.2) is 0 Å². The molecule has 1 N–H and O–H groups in total. The number of likely N-dealkylation sites (tertiary alicyclic amines) is 1. The van der Waals surface area contributed by atoms with E-state index in [1.165, 1.54) is 0 Å². The quantitative estimate of drug-likeness (QED) is 0.758. The van der Waals surface area contributed by atoms with Crippen LogP contribution in [0.3, 0.4) is 0 Å². The molecule has 19 heavy (non-hydrogen) atoms. The number of unbranched alkanes of at least 4 members (excludes halogenated alkanes) is 1. The summed E-state index contributed by atoms with van der Waals surface area (Å²) >= 11 is 1.64. The predicted octanol–water partition coefficient (Wildman–Crippen LogP) is 2.01. The Morgan fingerprint density at radius 1 is 1.53 bits per heavy atom. The van der Waals surface area contributed by atoms with Crippen LogP contribution >= 0.6 is 11.8 Å². The van der Waals surface area contributed by atoms with Gasteiger partial charge < -0.3 is 5.32 Å². The minimum absolute atomic E-state index is 0.0876. The highest BCUT2D eigenvalue weighted by atomic mass is 32.2. The molecule has 1 aliphatic rings. The highest BCUT2D eigenvalue weighted by Gasteiger charge is 2.36. The van der Waals surface area contributed by atoms with Crippen molar-refractivity contribution < 1.29 is 4.79 Å². The van der Waals surface area contributed by atoms with Crippen LogP contribution in [0.1, 0.15) is 39.5 Å². The third kappa shape index (κ3) is 4.39. The molecule has 1 unspecified atom stereocenters. The van der Waals surface area contributed by atoms with Crippen molar-refractivity contribution in [2.24, 2.45) is 0 Å². The van der Waals surface area contributed by atoms with E-state index in [4.69, 9.17) is 0 Å². The summed E-state index contributed by atoms with van der Waals surface area (Å²) in [6, 6.07) is 2.35. The lowest BCUT2D eigenvalue weighted by atomic mass is 9.96. The van der Waals surface area contributed by atoms with Crippen molar-refractivity contribution in [1.29, 1.82) is 5.26 Å². The number of carbonyl (C=O) groups excluding carboxylic acids is 1. The lowest BCUT2D eigenvalue weighted by Gasteiger charge is -2.38. The molecule has 1 atom stereocenters. The van der Waals surface area contributed by atoms with Gasteiger partial charge in [0, 0.05) is 19.6 Å². The van der Waals surface area contributed by atoms with Crippen LogP contribution in [0.4, 0.5) is 0 Å². The van der Waals surface area contributed by atoms with Gasteiger partial charge in [-0.15, -0.1) is 11.8 Å². The summed E-state index contributed by atoms with van der Waals surface area (Å²) in [5, 5.41) is 12.2. The van der Waals surface area contributed by atoms with Gasteiger partial charge in [0.15, 0.2) is 0 Å². The number of carbonyl (C=O) groups is 1. The fourth-order valence-corrected chi connectivity index (χ4v) is 3.02. The van der Waals surface area contributed by atoms with Gasteiger partial charge in [-0.1, -0.05) is 13.3 Å². The lowest BCUT2D eigenvalue weighted by molar-refractivity contribution is -0.126. The molecule has 0 aliphatic carbocycles. The summed E-state index contributed by atoms with van der Waals surface area (Å²) in [4.78, 5) is 14.2. The van der Waals surface area contributed by atoms with Gasteiger partial charge in [-0.05, 0) is 32.4 Å². The van der Waals surface area contributed by atoms with E-state index in [0.717, 1.165) is 45.3 Å². The molecule has 0 saturated carbocycles. The SMILES string of the molecule is CCCCNC(=O)C(C)N1CCC(C#N)(SC)CC1. The highest BCUT2D eigenvalue weighted by Crippen LogP contribution is 2.34. The first-order valence-electron chi connectivity index (χ1n) is 7.06. The van der Waals surface area contributed by atoms with Crippen molar-refractivity contribution in [3.05, 3.63) is 0 Å². The van der Waals surface area contributed by atoms with Gasteiger partial charge in [-0.2, -0.15) is 5.26 Å². The fourth-order valence-electron chi connectivity index (χ4n) is 2.34. The van der Waals surface area contributed by atoms with Gasteiger partial charge in [0.05, 0.1) is 12.1 Å². The summed E-state index contributed by atoms with van der Waals surface area (Å²) in [7, 11) is 0. The number of nitrogens with zero attached hydrogens (tertiary/aromatic N) is 2. The summed E-state index contributed by atoms with van der Waals surface area (Å²) in [6.45, 7) is 6.50. The van der Waals surface area contributed by atoms with Crippen LogP contribution in [0.5, 0.6) is 0 Å². The largest absolute Gasteiger partial charge is 0.355 e. The van der Waals surface area contributed by atoms with Crippen LogP contribution in [0.25, 0.3) is 0 Å². The van der Waals surface area contributed by atoms with Gasteiger partial charge in [-0.3, -0.25) is 9.69 Å². The van der Waals surface area contributed by atoms with Crippen LogP contribution in [0, 0.1) is 11.3 Å². The average Bonchev–Trinajstić information content (AvgIpc) is 2.46. The Morgan fingerprint density at radius 3 is 2.63 bits per heavy atom. The Balaban J connectivity index is 2.42. The predicted molar refractivity (Wildman–Crippen MR) is 80.0 cm³/mol. The van der Waals surface area contributed by atoms with Crippen molar-refractivity contribution in [2.45, 2.75) is 50.3 Å². The topological polar surface area (TPSA) is 56.1 Å². The molecule has 4 nitrogen and oxygen atoms in total. The Labute approximate surface area is 120 Å². The Bertz CT molecular complexity index is 332. The van der Waals surface area contributed by atoms with Gasteiger partial charge in [-0.25, -0.2) is 0 Å².